The third kappa shape index (κ3) is 5.01. The van der Waals surface area contributed by atoms with Crippen LogP contribution in [0.4, 0.5) is 5.69 Å². The smallest absolute Gasteiger partial charge is 0.262 e. The summed E-state index contributed by atoms with van der Waals surface area (Å²) in [5.41, 5.74) is 1.86. The summed E-state index contributed by atoms with van der Waals surface area (Å²) >= 11 is 0. The van der Waals surface area contributed by atoms with Gasteiger partial charge < -0.3 is 14.8 Å². The molecule has 4 nitrogen and oxygen atoms in total. The second kappa shape index (κ2) is 7.86. The van der Waals surface area contributed by atoms with Crippen LogP contribution in [0.3, 0.4) is 0 Å². The van der Waals surface area contributed by atoms with E-state index in [1.807, 2.05) is 49.4 Å². The van der Waals surface area contributed by atoms with Crippen molar-refractivity contribution >= 4 is 11.6 Å². The van der Waals surface area contributed by atoms with Crippen molar-refractivity contribution in [3.63, 3.8) is 0 Å². The molecular formula is C20H25NO3. The van der Waals surface area contributed by atoms with Gasteiger partial charge in [-0.25, -0.2) is 0 Å². The molecule has 2 aromatic carbocycles. The van der Waals surface area contributed by atoms with Crippen LogP contribution in [0.15, 0.2) is 48.5 Å². The highest BCUT2D eigenvalue weighted by atomic mass is 16.5. The van der Waals surface area contributed by atoms with E-state index < -0.39 is 0 Å². The number of carbonyl (C=O) groups is 1. The van der Waals surface area contributed by atoms with E-state index in [2.05, 4.69) is 32.2 Å². The van der Waals surface area contributed by atoms with Crippen molar-refractivity contribution in [2.45, 2.75) is 33.1 Å². The van der Waals surface area contributed by atoms with Crippen LogP contribution in [0.2, 0.25) is 0 Å². The average molecular weight is 327 g/mol. The van der Waals surface area contributed by atoms with E-state index in [9.17, 15) is 4.79 Å². The number of ether oxygens (including phenoxy) is 2. The van der Waals surface area contributed by atoms with Crippen molar-refractivity contribution in [1.29, 1.82) is 0 Å². The molecule has 0 aliphatic rings. The Balaban J connectivity index is 1.97. The van der Waals surface area contributed by atoms with Gasteiger partial charge in [0.25, 0.3) is 5.91 Å². The highest BCUT2D eigenvalue weighted by Crippen LogP contribution is 2.26. The molecule has 0 heterocycles. The predicted molar refractivity (Wildman–Crippen MR) is 96.9 cm³/mol. The van der Waals surface area contributed by atoms with Gasteiger partial charge in [0.1, 0.15) is 11.5 Å². The van der Waals surface area contributed by atoms with Crippen LogP contribution in [0.5, 0.6) is 11.5 Å². The predicted octanol–water partition coefficient (Wildman–Crippen LogP) is 4.40. The van der Waals surface area contributed by atoms with Gasteiger partial charge in [0.05, 0.1) is 12.3 Å². The molecule has 0 aromatic heterocycles. The molecule has 0 bridgehead atoms. The Labute approximate surface area is 143 Å². The zero-order chi connectivity index (χ0) is 17.6. The molecule has 24 heavy (non-hydrogen) atoms. The number of carbonyl (C=O) groups excluding carboxylic acids is 1. The number of hydrogen-bond acceptors (Lipinski definition) is 3. The first-order chi connectivity index (χ1) is 11.4. The standard InChI is InChI=1S/C20H25NO3/c1-5-23-18-12-7-6-11-17(18)21-19(22)14-24-16-10-8-9-15(13-16)20(2,3)4/h6-13H,5,14H2,1-4H3,(H,21,22). The number of anilines is 1. The molecule has 2 rings (SSSR count). The Bertz CT molecular complexity index is 689. The van der Waals surface area contributed by atoms with Crippen molar-refractivity contribution < 1.29 is 14.3 Å². The average Bonchev–Trinajstić information content (AvgIpc) is 2.54. The Morgan fingerprint density at radius 1 is 1.04 bits per heavy atom. The molecule has 128 valence electrons. The minimum absolute atomic E-state index is 0.0397. The highest BCUT2D eigenvalue weighted by Gasteiger charge is 2.14. The third-order valence-corrected chi connectivity index (χ3v) is 3.53. The molecule has 0 saturated heterocycles. The fourth-order valence-corrected chi connectivity index (χ4v) is 2.24. The van der Waals surface area contributed by atoms with Gasteiger partial charge in [-0.2, -0.15) is 0 Å². The molecule has 0 radical (unpaired) electrons. The largest absolute Gasteiger partial charge is 0.492 e. The van der Waals surface area contributed by atoms with E-state index in [0.717, 1.165) is 0 Å². The Hall–Kier alpha value is -2.49. The first-order valence-electron chi connectivity index (χ1n) is 8.15. The Morgan fingerprint density at radius 2 is 1.79 bits per heavy atom. The highest BCUT2D eigenvalue weighted by molar-refractivity contribution is 5.93. The number of para-hydroxylation sites is 2. The maximum atomic E-state index is 12.1. The van der Waals surface area contributed by atoms with Gasteiger partial charge in [-0.15, -0.1) is 0 Å². The molecule has 0 aliphatic carbocycles. The maximum Gasteiger partial charge on any atom is 0.262 e. The summed E-state index contributed by atoms with van der Waals surface area (Å²) in [5.74, 6) is 1.13. The second-order valence-electron chi connectivity index (χ2n) is 6.54. The molecule has 0 aliphatic heterocycles. The SMILES string of the molecule is CCOc1ccccc1NC(=O)COc1cccc(C(C)(C)C)c1. The molecule has 0 saturated carbocycles. The third-order valence-electron chi connectivity index (χ3n) is 3.53. The quantitative estimate of drug-likeness (QED) is 0.855. The van der Waals surface area contributed by atoms with E-state index in [0.29, 0.717) is 23.8 Å². The summed E-state index contributed by atoms with van der Waals surface area (Å²) < 4.78 is 11.1. The van der Waals surface area contributed by atoms with E-state index in [1.165, 1.54) is 5.56 Å². The lowest BCUT2D eigenvalue weighted by atomic mass is 9.87. The zero-order valence-electron chi connectivity index (χ0n) is 14.8. The van der Waals surface area contributed by atoms with Crippen molar-refractivity contribution in [3.8, 4) is 11.5 Å². The summed E-state index contributed by atoms with van der Waals surface area (Å²) in [4.78, 5) is 12.1. The second-order valence-corrected chi connectivity index (χ2v) is 6.54. The molecule has 1 N–H and O–H groups in total. The number of nitrogens with one attached hydrogen (secondary N) is 1. The van der Waals surface area contributed by atoms with Crippen LogP contribution in [0.1, 0.15) is 33.3 Å². The summed E-state index contributed by atoms with van der Waals surface area (Å²) in [6.07, 6.45) is 0. The first-order valence-corrected chi connectivity index (χ1v) is 8.15. The molecule has 2 aromatic rings. The van der Waals surface area contributed by atoms with Crippen LogP contribution in [0.25, 0.3) is 0 Å². The van der Waals surface area contributed by atoms with Crippen LogP contribution in [-0.4, -0.2) is 19.1 Å². The van der Waals surface area contributed by atoms with Gasteiger partial charge in [-0.05, 0) is 42.2 Å². The Morgan fingerprint density at radius 3 is 2.50 bits per heavy atom. The summed E-state index contributed by atoms with van der Waals surface area (Å²) in [7, 11) is 0. The van der Waals surface area contributed by atoms with Gasteiger partial charge in [0.2, 0.25) is 0 Å². The number of benzene rings is 2. The normalized spacial score (nSPS) is 11.0. The summed E-state index contributed by atoms with van der Waals surface area (Å²) in [6, 6.07) is 15.2. The minimum Gasteiger partial charge on any atom is -0.492 e. The van der Waals surface area contributed by atoms with Crippen LogP contribution >= 0.6 is 0 Å². The first kappa shape index (κ1) is 17.9. The van der Waals surface area contributed by atoms with Crippen LogP contribution < -0.4 is 14.8 Å². The maximum absolute atomic E-state index is 12.1. The van der Waals surface area contributed by atoms with Crippen molar-refractivity contribution in [3.05, 3.63) is 54.1 Å². The molecule has 4 heteroatoms. The number of amides is 1. The van der Waals surface area contributed by atoms with E-state index in [4.69, 9.17) is 9.47 Å². The molecule has 0 atom stereocenters. The van der Waals surface area contributed by atoms with Crippen LogP contribution in [-0.2, 0) is 10.2 Å². The molecule has 0 unspecified atom stereocenters. The number of rotatable bonds is 6. The fourth-order valence-electron chi connectivity index (χ4n) is 2.24. The van der Waals surface area contributed by atoms with Gasteiger partial charge in [0.15, 0.2) is 6.61 Å². The molecular weight excluding hydrogens is 302 g/mol. The van der Waals surface area contributed by atoms with Crippen LogP contribution in [0, 0.1) is 0 Å². The summed E-state index contributed by atoms with van der Waals surface area (Å²) in [5, 5.41) is 2.82. The fraction of sp³-hybridized carbons (Fsp3) is 0.350. The lowest BCUT2D eigenvalue weighted by Crippen LogP contribution is -2.21. The minimum atomic E-state index is -0.219. The number of hydrogen-bond donors (Lipinski definition) is 1. The molecule has 1 amide bonds. The van der Waals surface area contributed by atoms with Crippen molar-refractivity contribution in [1.82, 2.24) is 0 Å². The zero-order valence-corrected chi connectivity index (χ0v) is 14.8. The van der Waals surface area contributed by atoms with E-state index in [1.54, 1.807) is 0 Å². The van der Waals surface area contributed by atoms with Crippen molar-refractivity contribution in [2.24, 2.45) is 0 Å². The lowest BCUT2D eigenvalue weighted by molar-refractivity contribution is -0.118. The van der Waals surface area contributed by atoms with Gasteiger partial charge in [-0.3, -0.25) is 4.79 Å². The Kier molecular flexibility index (Phi) is 5.85. The van der Waals surface area contributed by atoms with E-state index in [-0.39, 0.29) is 17.9 Å². The molecule has 0 fully saturated rings. The lowest BCUT2D eigenvalue weighted by Gasteiger charge is -2.19. The van der Waals surface area contributed by atoms with Gasteiger partial charge in [0, 0.05) is 0 Å². The van der Waals surface area contributed by atoms with Crippen molar-refractivity contribution in [2.75, 3.05) is 18.5 Å². The monoisotopic (exact) mass is 327 g/mol. The topological polar surface area (TPSA) is 47.6 Å². The van der Waals surface area contributed by atoms with Gasteiger partial charge in [-0.1, -0.05) is 45.0 Å². The molecule has 0 spiro atoms. The van der Waals surface area contributed by atoms with Gasteiger partial charge >= 0.3 is 0 Å². The summed E-state index contributed by atoms with van der Waals surface area (Å²) in [6.45, 7) is 8.83. The van der Waals surface area contributed by atoms with E-state index >= 15 is 0 Å².